The molecule has 0 saturated carbocycles. The van der Waals surface area contributed by atoms with Gasteiger partial charge < -0.3 is 5.11 Å². The van der Waals surface area contributed by atoms with E-state index in [4.69, 9.17) is 0 Å². The van der Waals surface area contributed by atoms with E-state index in [-0.39, 0.29) is 11.4 Å². The SMILES string of the molecule is O=S(=O)(NCC1(O)CCc2ccccc2C1)c1ccc2ccccc2c1. The zero-order valence-corrected chi connectivity index (χ0v) is 15.2. The lowest BCUT2D eigenvalue weighted by atomic mass is 9.80. The van der Waals surface area contributed by atoms with Gasteiger partial charge in [0.05, 0.1) is 10.5 Å². The van der Waals surface area contributed by atoms with E-state index >= 15 is 0 Å². The molecule has 0 aromatic heterocycles. The Morgan fingerprint density at radius 2 is 1.62 bits per heavy atom. The van der Waals surface area contributed by atoms with Crippen molar-refractivity contribution < 1.29 is 13.5 Å². The number of nitrogens with one attached hydrogen (secondary N) is 1. The lowest BCUT2D eigenvalue weighted by Crippen LogP contribution is -2.46. The Morgan fingerprint density at radius 1 is 0.923 bits per heavy atom. The number of benzene rings is 3. The van der Waals surface area contributed by atoms with Crippen molar-refractivity contribution in [1.82, 2.24) is 4.72 Å². The molecular formula is C21H21NO3S. The van der Waals surface area contributed by atoms with Gasteiger partial charge in [0, 0.05) is 13.0 Å². The molecule has 3 aromatic carbocycles. The highest BCUT2D eigenvalue weighted by atomic mass is 32.2. The molecule has 2 N–H and O–H groups in total. The smallest absolute Gasteiger partial charge is 0.240 e. The first-order valence-corrected chi connectivity index (χ1v) is 10.2. The third kappa shape index (κ3) is 3.38. The minimum absolute atomic E-state index is 0.0104. The van der Waals surface area contributed by atoms with Gasteiger partial charge in [0.25, 0.3) is 0 Å². The Kier molecular flexibility index (Phi) is 4.31. The molecule has 0 heterocycles. The zero-order chi connectivity index (χ0) is 18.2. The van der Waals surface area contributed by atoms with Crippen LogP contribution >= 0.6 is 0 Å². The molecule has 1 unspecified atom stereocenters. The molecule has 26 heavy (non-hydrogen) atoms. The number of fused-ring (bicyclic) bond motifs is 2. The van der Waals surface area contributed by atoms with E-state index in [0.717, 1.165) is 22.8 Å². The highest BCUT2D eigenvalue weighted by Gasteiger charge is 2.33. The Labute approximate surface area is 153 Å². The van der Waals surface area contributed by atoms with Crippen LogP contribution in [0.1, 0.15) is 17.5 Å². The topological polar surface area (TPSA) is 66.4 Å². The van der Waals surface area contributed by atoms with Gasteiger partial charge in [0.15, 0.2) is 0 Å². The van der Waals surface area contributed by atoms with Crippen molar-refractivity contribution in [3.8, 4) is 0 Å². The number of rotatable bonds is 4. The molecule has 5 heteroatoms. The van der Waals surface area contributed by atoms with E-state index in [1.54, 1.807) is 18.2 Å². The maximum Gasteiger partial charge on any atom is 0.240 e. The van der Waals surface area contributed by atoms with Gasteiger partial charge >= 0.3 is 0 Å². The van der Waals surface area contributed by atoms with E-state index < -0.39 is 15.6 Å². The largest absolute Gasteiger partial charge is 0.388 e. The van der Waals surface area contributed by atoms with Crippen molar-refractivity contribution in [3.63, 3.8) is 0 Å². The van der Waals surface area contributed by atoms with Gasteiger partial charge in [-0.15, -0.1) is 0 Å². The number of sulfonamides is 1. The standard InChI is InChI=1S/C21H21NO3S/c23-21(12-11-17-6-2-4-8-19(17)14-21)15-22-26(24,25)20-10-9-16-5-1-3-7-18(16)13-20/h1-10,13,22-23H,11-12,14-15H2. The number of aliphatic hydroxyl groups is 1. The van der Waals surface area contributed by atoms with Crippen LogP contribution in [-0.4, -0.2) is 25.7 Å². The normalized spacial score (nSPS) is 20.0. The van der Waals surface area contributed by atoms with Crippen LogP contribution in [0.2, 0.25) is 0 Å². The van der Waals surface area contributed by atoms with E-state index in [0.29, 0.717) is 12.8 Å². The van der Waals surface area contributed by atoms with E-state index in [2.05, 4.69) is 10.8 Å². The minimum atomic E-state index is -3.68. The van der Waals surface area contributed by atoms with Crippen LogP contribution < -0.4 is 4.72 Å². The fourth-order valence-corrected chi connectivity index (χ4v) is 4.74. The van der Waals surface area contributed by atoms with Gasteiger partial charge in [-0.05, 0) is 46.9 Å². The lowest BCUT2D eigenvalue weighted by molar-refractivity contribution is 0.0317. The number of aryl methyl sites for hydroxylation is 1. The summed E-state index contributed by atoms with van der Waals surface area (Å²) >= 11 is 0. The van der Waals surface area contributed by atoms with Crippen molar-refractivity contribution in [2.75, 3.05) is 6.54 Å². The molecule has 0 aliphatic heterocycles. The summed E-state index contributed by atoms with van der Waals surface area (Å²) in [5, 5.41) is 12.7. The molecule has 4 rings (SSSR count). The summed E-state index contributed by atoms with van der Waals surface area (Å²) < 4.78 is 28.0. The fourth-order valence-electron chi connectivity index (χ4n) is 3.58. The maximum absolute atomic E-state index is 12.7. The highest BCUT2D eigenvalue weighted by molar-refractivity contribution is 7.89. The molecule has 1 atom stereocenters. The predicted octanol–water partition coefficient (Wildman–Crippen LogP) is 3.04. The third-order valence-corrected chi connectivity index (χ3v) is 6.52. The quantitative estimate of drug-likeness (QED) is 0.745. The summed E-state index contributed by atoms with van der Waals surface area (Å²) in [6, 6.07) is 20.7. The van der Waals surface area contributed by atoms with Crippen LogP contribution in [-0.2, 0) is 22.9 Å². The van der Waals surface area contributed by atoms with Gasteiger partial charge in [0.1, 0.15) is 0 Å². The second-order valence-corrected chi connectivity index (χ2v) is 8.77. The predicted molar refractivity (Wildman–Crippen MR) is 103 cm³/mol. The number of hydrogen-bond acceptors (Lipinski definition) is 3. The molecule has 4 nitrogen and oxygen atoms in total. The van der Waals surface area contributed by atoms with Crippen molar-refractivity contribution in [3.05, 3.63) is 77.9 Å². The van der Waals surface area contributed by atoms with Gasteiger partial charge in [-0.3, -0.25) is 0 Å². The van der Waals surface area contributed by atoms with Gasteiger partial charge in [0.2, 0.25) is 10.0 Å². The molecule has 0 fully saturated rings. The molecular weight excluding hydrogens is 346 g/mol. The van der Waals surface area contributed by atoms with Crippen LogP contribution in [0.25, 0.3) is 10.8 Å². The molecule has 134 valence electrons. The van der Waals surface area contributed by atoms with Crippen molar-refractivity contribution >= 4 is 20.8 Å². The van der Waals surface area contributed by atoms with Crippen molar-refractivity contribution in [1.29, 1.82) is 0 Å². The summed E-state index contributed by atoms with van der Waals surface area (Å²) in [6.45, 7) is 0.0104. The monoisotopic (exact) mass is 367 g/mol. The van der Waals surface area contributed by atoms with Crippen LogP contribution in [0.15, 0.2) is 71.6 Å². The summed E-state index contributed by atoms with van der Waals surface area (Å²) in [5.74, 6) is 0. The van der Waals surface area contributed by atoms with Crippen molar-refractivity contribution in [2.45, 2.75) is 29.8 Å². The average molecular weight is 367 g/mol. The summed E-state index contributed by atoms with van der Waals surface area (Å²) in [6.07, 6.45) is 1.76. The van der Waals surface area contributed by atoms with Gasteiger partial charge in [-0.25, -0.2) is 13.1 Å². The summed E-state index contributed by atoms with van der Waals surface area (Å²) in [7, 11) is -3.68. The van der Waals surface area contributed by atoms with E-state index in [9.17, 15) is 13.5 Å². The molecule has 3 aromatic rings. The maximum atomic E-state index is 12.7. The zero-order valence-electron chi connectivity index (χ0n) is 14.4. The van der Waals surface area contributed by atoms with E-state index in [1.165, 1.54) is 5.56 Å². The molecule has 0 spiro atoms. The molecule has 0 radical (unpaired) electrons. The molecule has 1 aliphatic carbocycles. The van der Waals surface area contributed by atoms with Crippen LogP contribution in [0.4, 0.5) is 0 Å². The third-order valence-electron chi connectivity index (χ3n) is 5.12. The van der Waals surface area contributed by atoms with Crippen LogP contribution in [0.5, 0.6) is 0 Å². The lowest BCUT2D eigenvalue weighted by Gasteiger charge is -2.33. The average Bonchev–Trinajstić information content (AvgIpc) is 2.66. The molecule has 1 aliphatic rings. The Balaban J connectivity index is 1.53. The fraction of sp³-hybridized carbons (Fsp3) is 0.238. The Morgan fingerprint density at radius 3 is 2.42 bits per heavy atom. The van der Waals surface area contributed by atoms with Crippen molar-refractivity contribution in [2.24, 2.45) is 0 Å². The first-order valence-electron chi connectivity index (χ1n) is 8.73. The highest BCUT2D eigenvalue weighted by Crippen LogP contribution is 2.28. The molecule has 0 bridgehead atoms. The minimum Gasteiger partial charge on any atom is -0.388 e. The second-order valence-electron chi connectivity index (χ2n) is 7.00. The van der Waals surface area contributed by atoms with Gasteiger partial charge in [-0.1, -0.05) is 54.6 Å². The molecule has 0 amide bonds. The Bertz CT molecular complexity index is 1060. The van der Waals surface area contributed by atoms with E-state index in [1.807, 2.05) is 42.5 Å². The van der Waals surface area contributed by atoms with Crippen LogP contribution in [0, 0.1) is 0 Å². The first-order chi connectivity index (χ1) is 12.5. The second kappa shape index (κ2) is 6.50. The number of hydrogen-bond donors (Lipinski definition) is 2. The molecule has 0 saturated heterocycles. The van der Waals surface area contributed by atoms with Gasteiger partial charge in [-0.2, -0.15) is 0 Å². The van der Waals surface area contributed by atoms with Crippen LogP contribution in [0.3, 0.4) is 0 Å². The Hall–Kier alpha value is -2.21. The summed E-state index contributed by atoms with van der Waals surface area (Å²) in [4.78, 5) is 0.219. The first kappa shape index (κ1) is 17.2. The summed E-state index contributed by atoms with van der Waals surface area (Å²) in [5.41, 5.74) is 1.26.